The van der Waals surface area contributed by atoms with Gasteiger partial charge < -0.3 is 10.2 Å². The topological polar surface area (TPSA) is 71.3 Å². The van der Waals surface area contributed by atoms with Crippen molar-refractivity contribution in [2.75, 3.05) is 19.4 Å². The third kappa shape index (κ3) is 3.98. The Hall–Kier alpha value is -2.54. The van der Waals surface area contributed by atoms with Crippen molar-refractivity contribution >= 4 is 11.5 Å². The van der Waals surface area contributed by atoms with Crippen LogP contribution in [0.3, 0.4) is 0 Å². The minimum atomic E-state index is -0.504. The van der Waals surface area contributed by atoms with Gasteiger partial charge in [0.05, 0.1) is 4.92 Å². The van der Waals surface area contributed by atoms with Crippen molar-refractivity contribution in [1.82, 2.24) is 9.88 Å². The van der Waals surface area contributed by atoms with Gasteiger partial charge in [-0.2, -0.15) is 0 Å². The summed E-state index contributed by atoms with van der Waals surface area (Å²) in [5.41, 5.74) is 1.20. The van der Waals surface area contributed by atoms with Crippen molar-refractivity contribution < 1.29 is 9.31 Å². The van der Waals surface area contributed by atoms with E-state index in [1.54, 1.807) is 12.1 Å². The molecule has 0 unspecified atom stereocenters. The van der Waals surface area contributed by atoms with Crippen molar-refractivity contribution in [2.45, 2.75) is 13.1 Å². The summed E-state index contributed by atoms with van der Waals surface area (Å²) in [6.45, 7) is 0.780. The van der Waals surface area contributed by atoms with Gasteiger partial charge in [0.15, 0.2) is 0 Å². The molecule has 0 saturated heterocycles. The van der Waals surface area contributed by atoms with Crippen LogP contribution in [0.2, 0.25) is 0 Å². The molecule has 2 rings (SSSR count). The average molecular weight is 304 g/mol. The summed E-state index contributed by atoms with van der Waals surface area (Å²) in [5, 5.41) is 13.8. The van der Waals surface area contributed by atoms with E-state index in [4.69, 9.17) is 0 Å². The molecule has 1 aromatic heterocycles. The lowest BCUT2D eigenvalue weighted by molar-refractivity contribution is -0.384. The van der Waals surface area contributed by atoms with Crippen molar-refractivity contribution in [1.29, 1.82) is 0 Å². The van der Waals surface area contributed by atoms with Gasteiger partial charge >= 0.3 is 5.69 Å². The van der Waals surface area contributed by atoms with Crippen LogP contribution in [0.1, 0.15) is 11.1 Å². The molecule has 0 aliphatic carbocycles. The Kier molecular flexibility index (Phi) is 5.00. The van der Waals surface area contributed by atoms with Crippen LogP contribution in [0.5, 0.6) is 0 Å². The number of nitrogens with zero attached hydrogens (tertiary/aromatic N) is 3. The lowest BCUT2D eigenvalue weighted by Gasteiger charge is -2.12. The van der Waals surface area contributed by atoms with Gasteiger partial charge in [0.2, 0.25) is 5.82 Å². The Morgan fingerprint density at radius 3 is 2.77 bits per heavy atom. The summed E-state index contributed by atoms with van der Waals surface area (Å²) in [4.78, 5) is 16.2. The van der Waals surface area contributed by atoms with Gasteiger partial charge in [-0.3, -0.25) is 10.1 Å². The van der Waals surface area contributed by atoms with E-state index in [9.17, 15) is 14.5 Å². The molecule has 1 heterocycles. The molecular formula is C15H17FN4O2. The lowest BCUT2D eigenvalue weighted by Crippen LogP contribution is -2.12. The second-order valence-electron chi connectivity index (χ2n) is 5.15. The van der Waals surface area contributed by atoms with Crippen LogP contribution >= 0.6 is 0 Å². The third-order valence-electron chi connectivity index (χ3n) is 3.05. The molecule has 0 aliphatic heterocycles. The van der Waals surface area contributed by atoms with E-state index in [0.29, 0.717) is 17.7 Å². The average Bonchev–Trinajstić information content (AvgIpc) is 2.47. The predicted molar refractivity (Wildman–Crippen MR) is 82.0 cm³/mol. The molecule has 2 aromatic rings. The standard InChI is InChI=1S/C15H17FN4O2/c1-19(2)10-12-6-5-11(8-13(12)16)9-18-15-14(20(21)22)4-3-7-17-15/h3-8H,9-10H2,1-2H3,(H,17,18). The molecule has 6 nitrogen and oxygen atoms in total. The number of pyridine rings is 1. The molecule has 0 saturated carbocycles. The van der Waals surface area contributed by atoms with E-state index in [0.717, 1.165) is 0 Å². The first kappa shape index (κ1) is 15.8. The van der Waals surface area contributed by atoms with Crippen molar-refractivity contribution in [3.05, 3.63) is 63.6 Å². The first-order valence-electron chi connectivity index (χ1n) is 6.72. The van der Waals surface area contributed by atoms with Crippen molar-refractivity contribution in [3.8, 4) is 0 Å². The zero-order chi connectivity index (χ0) is 16.1. The first-order valence-corrected chi connectivity index (χ1v) is 6.72. The second kappa shape index (κ2) is 6.95. The number of anilines is 1. The number of hydrogen-bond acceptors (Lipinski definition) is 5. The number of benzene rings is 1. The number of halogens is 1. The van der Waals surface area contributed by atoms with E-state index >= 15 is 0 Å². The fourth-order valence-corrected chi connectivity index (χ4v) is 2.04. The summed E-state index contributed by atoms with van der Waals surface area (Å²) in [6, 6.07) is 7.82. The molecule has 1 N–H and O–H groups in total. The van der Waals surface area contributed by atoms with Crippen LogP contribution < -0.4 is 5.32 Å². The molecule has 116 valence electrons. The number of nitro groups is 1. The van der Waals surface area contributed by atoms with Crippen LogP contribution in [0, 0.1) is 15.9 Å². The van der Waals surface area contributed by atoms with Gasteiger partial charge in [0.1, 0.15) is 5.82 Å². The SMILES string of the molecule is CN(C)Cc1ccc(CNc2ncccc2[N+](=O)[O-])cc1F. The molecule has 0 atom stereocenters. The highest BCUT2D eigenvalue weighted by atomic mass is 19.1. The second-order valence-corrected chi connectivity index (χ2v) is 5.15. The van der Waals surface area contributed by atoms with E-state index in [1.165, 1.54) is 24.4 Å². The molecule has 0 amide bonds. The maximum Gasteiger partial charge on any atom is 0.311 e. The van der Waals surface area contributed by atoms with E-state index in [2.05, 4.69) is 10.3 Å². The van der Waals surface area contributed by atoms with Gasteiger partial charge in [0, 0.05) is 30.9 Å². The number of aromatic nitrogens is 1. The Labute approximate surface area is 127 Å². The van der Waals surface area contributed by atoms with Crippen LogP contribution in [-0.4, -0.2) is 28.9 Å². The first-order chi connectivity index (χ1) is 10.5. The highest BCUT2D eigenvalue weighted by Gasteiger charge is 2.13. The van der Waals surface area contributed by atoms with Gasteiger partial charge in [-0.25, -0.2) is 9.37 Å². The molecule has 0 aliphatic rings. The largest absolute Gasteiger partial charge is 0.360 e. The zero-order valence-corrected chi connectivity index (χ0v) is 12.4. The maximum absolute atomic E-state index is 14.0. The fourth-order valence-electron chi connectivity index (χ4n) is 2.04. The Morgan fingerprint density at radius 1 is 1.36 bits per heavy atom. The normalized spacial score (nSPS) is 10.7. The fraction of sp³-hybridized carbons (Fsp3) is 0.267. The van der Waals surface area contributed by atoms with Gasteiger partial charge in [0.25, 0.3) is 0 Å². The summed E-state index contributed by atoms with van der Waals surface area (Å²) < 4.78 is 14.0. The van der Waals surface area contributed by atoms with Gasteiger partial charge in [-0.1, -0.05) is 12.1 Å². The van der Waals surface area contributed by atoms with E-state index in [1.807, 2.05) is 19.0 Å². The lowest BCUT2D eigenvalue weighted by atomic mass is 10.1. The molecule has 0 spiro atoms. The van der Waals surface area contributed by atoms with E-state index < -0.39 is 4.92 Å². The number of rotatable bonds is 6. The Bertz CT molecular complexity index is 676. The molecular weight excluding hydrogens is 287 g/mol. The zero-order valence-electron chi connectivity index (χ0n) is 12.4. The third-order valence-corrected chi connectivity index (χ3v) is 3.05. The van der Waals surface area contributed by atoms with Crippen molar-refractivity contribution in [2.24, 2.45) is 0 Å². The van der Waals surface area contributed by atoms with Crippen molar-refractivity contribution in [3.63, 3.8) is 0 Å². The van der Waals surface area contributed by atoms with Crippen LogP contribution in [0.4, 0.5) is 15.9 Å². The van der Waals surface area contributed by atoms with Crippen LogP contribution in [0.25, 0.3) is 0 Å². The highest BCUT2D eigenvalue weighted by Crippen LogP contribution is 2.21. The smallest absolute Gasteiger partial charge is 0.311 e. The van der Waals surface area contributed by atoms with Crippen LogP contribution in [-0.2, 0) is 13.1 Å². The molecule has 0 bridgehead atoms. The number of hydrogen-bond donors (Lipinski definition) is 1. The quantitative estimate of drug-likeness (QED) is 0.656. The Balaban J connectivity index is 2.09. The monoisotopic (exact) mass is 304 g/mol. The minimum absolute atomic E-state index is 0.104. The van der Waals surface area contributed by atoms with E-state index in [-0.39, 0.29) is 23.9 Å². The van der Waals surface area contributed by atoms with Gasteiger partial charge in [-0.15, -0.1) is 0 Å². The molecule has 22 heavy (non-hydrogen) atoms. The summed E-state index contributed by atoms with van der Waals surface area (Å²) in [5.74, 6) is -0.117. The summed E-state index contributed by atoms with van der Waals surface area (Å²) in [7, 11) is 3.74. The molecule has 7 heteroatoms. The van der Waals surface area contributed by atoms with Gasteiger partial charge in [-0.05, 0) is 31.8 Å². The molecule has 1 aromatic carbocycles. The highest BCUT2D eigenvalue weighted by molar-refractivity contribution is 5.55. The molecule has 0 fully saturated rings. The predicted octanol–water partition coefficient (Wildman–Crippen LogP) is 2.80. The maximum atomic E-state index is 14.0. The summed E-state index contributed by atoms with van der Waals surface area (Å²) >= 11 is 0. The van der Waals surface area contributed by atoms with Crippen LogP contribution in [0.15, 0.2) is 36.5 Å². The molecule has 0 radical (unpaired) electrons. The minimum Gasteiger partial charge on any atom is -0.360 e. The summed E-state index contributed by atoms with van der Waals surface area (Å²) in [6.07, 6.45) is 1.47. The Morgan fingerprint density at radius 2 is 2.14 bits per heavy atom. The number of nitrogens with one attached hydrogen (secondary N) is 1.